The van der Waals surface area contributed by atoms with Crippen LogP contribution in [0.15, 0.2) is 60.7 Å². The first-order valence-corrected chi connectivity index (χ1v) is 8.92. The summed E-state index contributed by atoms with van der Waals surface area (Å²) in [6.07, 6.45) is 0. The molecule has 0 heterocycles. The highest BCUT2D eigenvalue weighted by molar-refractivity contribution is 6.62. The Morgan fingerprint density at radius 3 is 1.84 bits per heavy atom. The third-order valence-electron chi connectivity index (χ3n) is 3.45. The highest BCUT2D eigenvalue weighted by atomic mass is 28.3. The summed E-state index contributed by atoms with van der Waals surface area (Å²) >= 11 is 0. The average Bonchev–Trinajstić information content (AvgIpc) is 2.49. The second-order valence-corrected chi connectivity index (χ2v) is 7.77. The molecule has 2 aromatic carbocycles. The van der Waals surface area contributed by atoms with Gasteiger partial charge in [0.25, 0.3) is 0 Å². The van der Waals surface area contributed by atoms with Crippen LogP contribution >= 0.6 is 0 Å². The molecule has 0 spiro atoms. The van der Waals surface area contributed by atoms with Gasteiger partial charge in [0.15, 0.2) is 8.96 Å². The Kier molecular flexibility index (Phi) is 5.22. The molecular formula is C17H22NSi. The predicted octanol–water partition coefficient (Wildman–Crippen LogP) is 4.72. The van der Waals surface area contributed by atoms with E-state index >= 15 is 0 Å². The molecule has 19 heavy (non-hydrogen) atoms. The second kappa shape index (κ2) is 7.15. The summed E-state index contributed by atoms with van der Waals surface area (Å²) in [4.78, 5) is 0. The predicted molar refractivity (Wildman–Crippen MR) is 85.8 cm³/mol. The lowest BCUT2D eigenvalue weighted by atomic mass is 10.2. The van der Waals surface area contributed by atoms with E-state index in [-0.39, 0.29) is 0 Å². The van der Waals surface area contributed by atoms with E-state index in [0.717, 1.165) is 6.54 Å². The number of rotatable bonds is 6. The van der Waals surface area contributed by atoms with Crippen molar-refractivity contribution >= 4 is 14.6 Å². The van der Waals surface area contributed by atoms with Crippen molar-refractivity contribution in [2.24, 2.45) is 0 Å². The van der Waals surface area contributed by atoms with Crippen molar-refractivity contribution in [3.05, 3.63) is 66.2 Å². The van der Waals surface area contributed by atoms with Crippen LogP contribution in [0.5, 0.6) is 0 Å². The average molecular weight is 268 g/mol. The van der Waals surface area contributed by atoms with Gasteiger partial charge in [-0.25, -0.2) is 0 Å². The number of hydrogen-bond donors (Lipinski definition) is 0. The molecule has 0 amide bonds. The fourth-order valence-electron chi connectivity index (χ4n) is 2.39. The number of anilines is 1. The van der Waals surface area contributed by atoms with Crippen LogP contribution in [-0.2, 0) is 6.54 Å². The maximum absolute atomic E-state index is 2.62. The molecule has 0 unspecified atom stereocenters. The number of nitrogens with zero attached hydrogens (tertiary/aromatic N) is 1. The molecule has 0 aliphatic carbocycles. The fraction of sp³-hybridized carbons (Fsp3) is 0.294. The van der Waals surface area contributed by atoms with Gasteiger partial charge in [0, 0.05) is 12.2 Å². The molecule has 0 fully saturated rings. The molecule has 2 heteroatoms. The van der Waals surface area contributed by atoms with Gasteiger partial charge in [-0.15, -0.1) is 0 Å². The third-order valence-corrected chi connectivity index (χ3v) is 6.26. The zero-order chi connectivity index (χ0) is 13.5. The van der Waals surface area contributed by atoms with Gasteiger partial charge in [0.05, 0.1) is 0 Å². The number of para-hydroxylation sites is 1. The molecule has 0 atom stereocenters. The SMILES string of the molecule is CC[Si](CC)N(Cc1ccccc1)c1ccccc1. The van der Waals surface area contributed by atoms with Crippen molar-refractivity contribution in [2.45, 2.75) is 32.5 Å². The Morgan fingerprint density at radius 2 is 1.32 bits per heavy atom. The van der Waals surface area contributed by atoms with E-state index in [9.17, 15) is 0 Å². The molecule has 1 radical (unpaired) electrons. The van der Waals surface area contributed by atoms with Crippen LogP contribution in [-0.4, -0.2) is 8.96 Å². The topological polar surface area (TPSA) is 3.24 Å². The quantitative estimate of drug-likeness (QED) is 0.685. The van der Waals surface area contributed by atoms with Crippen LogP contribution in [0, 0.1) is 0 Å². The van der Waals surface area contributed by atoms with Gasteiger partial charge < -0.3 is 4.57 Å². The first-order valence-electron chi connectivity index (χ1n) is 7.06. The molecule has 0 aliphatic rings. The van der Waals surface area contributed by atoms with E-state index in [2.05, 4.69) is 79.1 Å². The zero-order valence-electron chi connectivity index (χ0n) is 11.8. The Bertz CT molecular complexity index is 465. The van der Waals surface area contributed by atoms with E-state index in [4.69, 9.17) is 0 Å². The van der Waals surface area contributed by atoms with Crippen molar-refractivity contribution in [3.63, 3.8) is 0 Å². The molecule has 0 aromatic heterocycles. The normalized spacial score (nSPS) is 10.7. The van der Waals surface area contributed by atoms with E-state index < -0.39 is 8.96 Å². The van der Waals surface area contributed by atoms with Gasteiger partial charge >= 0.3 is 0 Å². The summed E-state index contributed by atoms with van der Waals surface area (Å²) in [7, 11) is -0.478. The molecule has 0 bridgehead atoms. The highest BCUT2D eigenvalue weighted by Crippen LogP contribution is 2.21. The minimum atomic E-state index is -0.478. The standard InChI is InChI=1S/C17H22NSi/c1-3-19(4-2)18(17-13-9-6-10-14-17)15-16-11-7-5-8-12-16/h5-14H,3-4,15H2,1-2H3. The molecule has 2 rings (SSSR count). The van der Waals surface area contributed by atoms with Crippen LogP contribution in [0.3, 0.4) is 0 Å². The van der Waals surface area contributed by atoms with Gasteiger partial charge in [0.2, 0.25) is 0 Å². The van der Waals surface area contributed by atoms with E-state index in [1.807, 2.05) is 0 Å². The molecule has 0 saturated heterocycles. The van der Waals surface area contributed by atoms with E-state index in [1.54, 1.807) is 0 Å². The van der Waals surface area contributed by atoms with E-state index in [0.29, 0.717) is 0 Å². The summed E-state index contributed by atoms with van der Waals surface area (Å²) < 4.78 is 2.62. The maximum atomic E-state index is 2.62. The van der Waals surface area contributed by atoms with Crippen LogP contribution in [0.25, 0.3) is 0 Å². The molecule has 0 aliphatic heterocycles. The van der Waals surface area contributed by atoms with Crippen molar-refractivity contribution in [2.75, 3.05) is 4.57 Å². The Labute approximate surface area is 118 Å². The Balaban J connectivity index is 2.24. The highest BCUT2D eigenvalue weighted by Gasteiger charge is 2.18. The lowest BCUT2D eigenvalue weighted by molar-refractivity contribution is 0.996. The first-order chi connectivity index (χ1) is 9.35. The van der Waals surface area contributed by atoms with Crippen LogP contribution in [0.2, 0.25) is 12.1 Å². The molecular weight excluding hydrogens is 246 g/mol. The molecule has 0 N–H and O–H groups in total. The molecule has 1 nitrogen and oxygen atoms in total. The first kappa shape index (κ1) is 13.9. The second-order valence-electron chi connectivity index (χ2n) is 4.68. The van der Waals surface area contributed by atoms with Crippen molar-refractivity contribution in [1.29, 1.82) is 0 Å². The molecule has 0 saturated carbocycles. The van der Waals surface area contributed by atoms with Crippen LogP contribution < -0.4 is 4.57 Å². The monoisotopic (exact) mass is 268 g/mol. The Morgan fingerprint density at radius 1 is 0.789 bits per heavy atom. The minimum absolute atomic E-state index is 0.478. The van der Waals surface area contributed by atoms with Gasteiger partial charge in [-0.3, -0.25) is 0 Å². The Hall–Kier alpha value is -1.54. The summed E-state index contributed by atoms with van der Waals surface area (Å²) in [6.45, 7) is 5.66. The smallest absolute Gasteiger partial charge is 0.169 e. The minimum Gasteiger partial charge on any atom is -0.393 e. The summed E-state index contributed by atoms with van der Waals surface area (Å²) in [6, 6.07) is 24.2. The van der Waals surface area contributed by atoms with Crippen LogP contribution in [0.4, 0.5) is 5.69 Å². The van der Waals surface area contributed by atoms with Gasteiger partial charge in [-0.05, 0) is 29.8 Å². The lowest BCUT2D eigenvalue weighted by Crippen LogP contribution is -2.37. The van der Waals surface area contributed by atoms with Crippen LogP contribution in [0.1, 0.15) is 19.4 Å². The lowest BCUT2D eigenvalue weighted by Gasteiger charge is -2.31. The van der Waals surface area contributed by atoms with Crippen molar-refractivity contribution in [1.82, 2.24) is 0 Å². The fourth-order valence-corrected chi connectivity index (χ4v) is 4.58. The third kappa shape index (κ3) is 3.71. The number of hydrogen-bond acceptors (Lipinski definition) is 1. The molecule has 99 valence electrons. The molecule has 2 aromatic rings. The summed E-state index contributed by atoms with van der Waals surface area (Å²) in [5.74, 6) is 0. The van der Waals surface area contributed by atoms with Crippen molar-refractivity contribution in [3.8, 4) is 0 Å². The largest absolute Gasteiger partial charge is 0.393 e. The zero-order valence-corrected chi connectivity index (χ0v) is 12.8. The van der Waals surface area contributed by atoms with Gasteiger partial charge in [-0.1, -0.05) is 62.4 Å². The number of benzene rings is 2. The summed E-state index contributed by atoms with van der Waals surface area (Å²) in [5.41, 5.74) is 2.76. The van der Waals surface area contributed by atoms with Crippen molar-refractivity contribution < 1.29 is 0 Å². The maximum Gasteiger partial charge on any atom is 0.169 e. The van der Waals surface area contributed by atoms with Gasteiger partial charge in [0.1, 0.15) is 0 Å². The summed E-state index contributed by atoms with van der Waals surface area (Å²) in [5, 5.41) is 0. The van der Waals surface area contributed by atoms with E-state index in [1.165, 1.54) is 23.3 Å². The van der Waals surface area contributed by atoms with Gasteiger partial charge in [-0.2, -0.15) is 0 Å².